The Morgan fingerprint density at radius 3 is 2.50 bits per heavy atom. The van der Waals surface area contributed by atoms with Crippen LogP contribution in [0.5, 0.6) is 0 Å². The number of benzene rings is 1. The lowest BCUT2D eigenvalue weighted by atomic mass is 9.97. The molecule has 22 heavy (non-hydrogen) atoms. The Morgan fingerprint density at radius 2 is 1.86 bits per heavy atom. The van der Waals surface area contributed by atoms with Gasteiger partial charge in [0.15, 0.2) is 11.5 Å². The average Bonchev–Trinajstić information content (AvgIpc) is 2.97. The van der Waals surface area contributed by atoms with Crippen LogP contribution in [0.25, 0.3) is 11.3 Å². The van der Waals surface area contributed by atoms with E-state index < -0.39 is 0 Å². The van der Waals surface area contributed by atoms with Crippen molar-refractivity contribution in [3.8, 4) is 11.3 Å². The average molecular weight is 319 g/mol. The normalized spacial score (nSPS) is 21.9. The fourth-order valence-corrected chi connectivity index (χ4v) is 3.21. The highest BCUT2D eigenvalue weighted by atomic mass is 35.5. The third-order valence-corrected chi connectivity index (χ3v) is 4.54. The molecule has 1 aliphatic heterocycles. The number of piperidine rings is 1. The van der Waals surface area contributed by atoms with Crippen molar-refractivity contribution >= 4 is 17.5 Å². The second-order valence-electron chi connectivity index (χ2n) is 5.92. The van der Waals surface area contributed by atoms with E-state index in [4.69, 9.17) is 16.1 Å². The first-order chi connectivity index (χ1) is 10.6. The first kappa shape index (κ1) is 15.1. The molecule has 0 saturated carbocycles. The van der Waals surface area contributed by atoms with E-state index in [1.807, 2.05) is 17.0 Å². The van der Waals surface area contributed by atoms with Crippen molar-refractivity contribution < 1.29 is 9.32 Å². The standard InChI is InChI=1S/C17H19ClN2O2/c1-11-4-3-5-12(2)20(11)17(21)15-10-16(22-19-15)13-6-8-14(18)9-7-13/h6-12H,3-5H2,1-2H3/t11-,12-/m0/s1. The quantitative estimate of drug-likeness (QED) is 0.824. The molecule has 1 aromatic carbocycles. The molecule has 5 heteroatoms. The summed E-state index contributed by atoms with van der Waals surface area (Å²) < 4.78 is 5.33. The third kappa shape index (κ3) is 2.88. The summed E-state index contributed by atoms with van der Waals surface area (Å²) in [5, 5.41) is 4.62. The molecule has 0 radical (unpaired) electrons. The van der Waals surface area contributed by atoms with E-state index in [-0.39, 0.29) is 18.0 Å². The smallest absolute Gasteiger partial charge is 0.276 e. The molecule has 1 aliphatic rings. The van der Waals surface area contributed by atoms with Gasteiger partial charge in [0.2, 0.25) is 0 Å². The van der Waals surface area contributed by atoms with Crippen LogP contribution in [0.1, 0.15) is 43.6 Å². The number of nitrogens with zero attached hydrogens (tertiary/aromatic N) is 2. The predicted molar refractivity (Wildman–Crippen MR) is 85.9 cm³/mol. The zero-order valence-corrected chi connectivity index (χ0v) is 13.5. The summed E-state index contributed by atoms with van der Waals surface area (Å²) in [4.78, 5) is 14.6. The predicted octanol–water partition coefficient (Wildman–Crippen LogP) is 4.40. The van der Waals surface area contributed by atoms with E-state index in [0.717, 1.165) is 18.4 Å². The van der Waals surface area contributed by atoms with E-state index in [1.54, 1.807) is 18.2 Å². The molecule has 1 aromatic heterocycles. The monoisotopic (exact) mass is 318 g/mol. The summed E-state index contributed by atoms with van der Waals surface area (Å²) in [5.74, 6) is 0.529. The Bertz CT molecular complexity index is 656. The van der Waals surface area contributed by atoms with Gasteiger partial charge in [-0.2, -0.15) is 0 Å². The molecule has 0 unspecified atom stereocenters. The minimum absolute atomic E-state index is 0.0522. The Balaban J connectivity index is 1.83. The second-order valence-corrected chi connectivity index (χ2v) is 6.36. The SMILES string of the molecule is C[C@H]1CCC[C@H](C)N1C(=O)c1cc(-c2ccc(Cl)cc2)on1. The fourth-order valence-electron chi connectivity index (χ4n) is 3.08. The molecule has 0 aliphatic carbocycles. The van der Waals surface area contributed by atoms with Gasteiger partial charge < -0.3 is 9.42 Å². The molecule has 0 N–H and O–H groups in total. The minimum atomic E-state index is -0.0522. The lowest BCUT2D eigenvalue weighted by molar-refractivity contribution is 0.0500. The largest absolute Gasteiger partial charge is 0.355 e. The van der Waals surface area contributed by atoms with Crippen LogP contribution in [0.3, 0.4) is 0 Å². The topological polar surface area (TPSA) is 46.3 Å². The summed E-state index contributed by atoms with van der Waals surface area (Å²) in [6.07, 6.45) is 3.25. The van der Waals surface area contributed by atoms with Crippen LogP contribution in [-0.4, -0.2) is 28.0 Å². The second kappa shape index (κ2) is 6.13. The highest BCUT2D eigenvalue weighted by Gasteiger charge is 2.31. The highest BCUT2D eigenvalue weighted by molar-refractivity contribution is 6.30. The lowest BCUT2D eigenvalue weighted by Gasteiger charge is -2.38. The zero-order chi connectivity index (χ0) is 15.7. The van der Waals surface area contributed by atoms with Gasteiger partial charge in [-0.25, -0.2) is 0 Å². The third-order valence-electron chi connectivity index (χ3n) is 4.29. The first-order valence-electron chi connectivity index (χ1n) is 7.61. The summed E-state index contributed by atoms with van der Waals surface area (Å²) in [5.41, 5.74) is 1.22. The van der Waals surface area contributed by atoms with Crippen molar-refractivity contribution in [3.63, 3.8) is 0 Å². The summed E-state index contributed by atoms with van der Waals surface area (Å²) in [7, 11) is 0. The molecule has 0 spiro atoms. The zero-order valence-electron chi connectivity index (χ0n) is 12.8. The number of hydrogen-bond donors (Lipinski definition) is 0. The number of amides is 1. The summed E-state index contributed by atoms with van der Waals surface area (Å²) in [6.45, 7) is 4.18. The molecule has 116 valence electrons. The van der Waals surface area contributed by atoms with E-state index in [0.29, 0.717) is 16.5 Å². The Hall–Kier alpha value is -1.81. The van der Waals surface area contributed by atoms with Crippen molar-refractivity contribution in [2.24, 2.45) is 0 Å². The first-order valence-corrected chi connectivity index (χ1v) is 7.99. The van der Waals surface area contributed by atoms with Crippen LogP contribution in [0.2, 0.25) is 5.02 Å². The van der Waals surface area contributed by atoms with Gasteiger partial charge in [0, 0.05) is 28.7 Å². The highest BCUT2D eigenvalue weighted by Crippen LogP contribution is 2.27. The molecular weight excluding hydrogens is 300 g/mol. The van der Waals surface area contributed by atoms with Crippen molar-refractivity contribution in [1.29, 1.82) is 0 Å². The van der Waals surface area contributed by atoms with Gasteiger partial charge in [0.05, 0.1) is 0 Å². The van der Waals surface area contributed by atoms with Gasteiger partial charge in [-0.15, -0.1) is 0 Å². The molecule has 1 fully saturated rings. The number of hydrogen-bond acceptors (Lipinski definition) is 3. The van der Waals surface area contributed by atoms with Crippen molar-refractivity contribution in [2.75, 3.05) is 0 Å². The van der Waals surface area contributed by atoms with Crippen molar-refractivity contribution in [1.82, 2.24) is 10.1 Å². The number of carbonyl (C=O) groups is 1. The lowest BCUT2D eigenvalue weighted by Crippen LogP contribution is -2.47. The minimum Gasteiger partial charge on any atom is -0.355 e. The molecule has 4 nitrogen and oxygen atoms in total. The number of rotatable bonds is 2. The van der Waals surface area contributed by atoms with Crippen molar-refractivity contribution in [2.45, 2.75) is 45.2 Å². The van der Waals surface area contributed by atoms with Gasteiger partial charge in [0.1, 0.15) is 0 Å². The van der Waals surface area contributed by atoms with Gasteiger partial charge in [-0.05, 0) is 57.4 Å². The molecule has 2 aromatic rings. The number of halogens is 1. The maximum Gasteiger partial charge on any atom is 0.276 e. The van der Waals surface area contributed by atoms with Crippen LogP contribution in [0.15, 0.2) is 34.9 Å². The maximum absolute atomic E-state index is 12.7. The van der Waals surface area contributed by atoms with E-state index in [2.05, 4.69) is 19.0 Å². The fraction of sp³-hybridized carbons (Fsp3) is 0.412. The van der Waals surface area contributed by atoms with Crippen LogP contribution >= 0.6 is 11.6 Å². The molecular formula is C17H19ClN2O2. The van der Waals surface area contributed by atoms with Crippen LogP contribution in [0, 0.1) is 0 Å². The summed E-state index contributed by atoms with van der Waals surface area (Å²) in [6, 6.07) is 9.47. The number of likely N-dealkylation sites (tertiary alicyclic amines) is 1. The van der Waals surface area contributed by atoms with Crippen LogP contribution < -0.4 is 0 Å². The van der Waals surface area contributed by atoms with E-state index >= 15 is 0 Å². The van der Waals surface area contributed by atoms with Gasteiger partial charge in [-0.1, -0.05) is 16.8 Å². The van der Waals surface area contributed by atoms with Crippen LogP contribution in [0.4, 0.5) is 0 Å². The number of carbonyl (C=O) groups excluding carboxylic acids is 1. The van der Waals surface area contributed by atoms with Gasteiger partial charge in [0.25, 0.3) is 5.91 Å². The molecule has 2 heterocycles. The Morgan fingerprint density at radius 1 is 1.23 bits per heavy atom. The molecule has 0 bridgehead atoms. The van der Waals surface area contributed by atoms with Crippen LogP contribution in [-0.2, 0) is 0 Å². The summed E-state index contributed by atoms with van der Waals surface area (Å²) >= 11 is 5.88. The molecule has 1 amide bonds. The molecule has 2 atom stereocenters. The Kier molecular flexibility index (Phi) is 4.21. The molecule has 3 rings (SSSR count). The van der Waals surface area contributed by atoms with Crippen molar-refractivity contribution in [3.05, 3.63) is 41.0 Å². The van der Waals surface area contributed by atoms with E-state index in [9.17, 15) is 4.79 Å². The maximum atomic E-state index is 12.7. The number of aromatic nitrogens is 1. The van der Waals surface area contributed by atoms with Gasteiger partial charge >= 0.3 is 0 Å². The van der Waals surface area contributed by atoms with E-state index in [1.165, 1.54) is 6.42 Å². The Labute approximate surface area is 135 Å². The van der Waals surface area contributed by atoms with Gasteiger partial charge in [-0.3, -0.25) is 4.79 Å². The molecule has 1 saturated heterocycles.